The van der Waals surface area contributed by atoms with Crippen LogP contribution in [0.3, 0.4) is 0 Å². The smallest absolute Gasteiger partial charge is 0.229 e. The molecule has 0 amide bonds. The predicted octanol–water partition coefficient (Wildman–Crippen LogP) is 3.77. The zero-order valence-corrected chi connectivity index (χ0v) is 13.2. The van der Waals surface area contributed by atoms with Crippen molar-refractivity contribution in [3.8, 4) is 0 Å². The second-order valence-electron chi connectivity index (χ2n) is 5.34. The Kier molecular flexibility index (Phi) is 4.75. The number of para-hydroxylation sites is 1. The molecule has 0 radical (unpaired) electrons. The lowest BCUT2D eigenvalue weighted by Crippen LogP contribution is -2.19. The Labute approximate surface area is 135 Å². The van der Waals surface area contributed by atoms with Crippen LogP contribution in [0, 0.1) is 6.92 Å². The van der Waals surface area contributed by atoms with Crippen LogP contribution in [0.1, 0.15) is 18.5 Å². The zero-order valence-electron chi connectivity index (χ0n) is 12.5. The summed E-state index contributed by atoms with van der Waals surface area (Å²) in [5.74, 6) is 1.32. The number of aryl methyl sites for hydroxylation is 1. The number of hydrogen-bond acceptors (Lipinski definition) is 5. The summed E-state index contributed by atoms with van der Waals surface area (Å²) in [6.45, 7) is 3.56. The van der Waals surface area contributed by atoms with Gasteiger partial charge in [-0.15, -0.1) is 0 Å². The predicted molar refractivity (Wildman–Crippen MR) is 89.0 cm³/mol. The van der Waals surface area contributed by atoms with Gasteiger partial charge in [-0.3, -0.25) is 0 Å². The van der Waals surface area contributed by atoms with Crippen LogP contribution in [-0.2, 0) is 4.74 Å². The maximum absolute atomic E-state index is 6.15. The standard InChI is InChI=1S/C16H19ClN4O/c1-11-9-15(18-10-12-5-4-8-22-12)21-16(19-11)20-14-7-3-2-6-13(14)17/h2-3,6-7,9,12H,4-5,8,10H2,1H3,(H2,18,19,20,21). The highest BCUT2D eigenvalue weighted by Gasteiger charge is 2.15. The topological polar surface area (TPSA) is 59.1 Å². The first-order valence-corrected chi connectivity index (χ1v) is 7.81. The van der Waals surface area contributed by atoms with Crippen LogP contribution in [0.4, 0.5) is 17.5 Å². The van der Waals surface area contributed by atoms with E-state index in [4.69, 9.17) is 16.3 Å². The van der Waals surface area contributed by atoms with Gasteiger partial charge in [-0.25, -0.2) is 4.98 Å². The Morgan fingerprint density at radius 2 is 2.18 bits per heavy atom. The minimum Gasteiger partial charge on any atom is -0.376 e. The normalized spacial score (nSPS) is 17.5. The van der Waals surface area contributed by atoms with Crippen LogP contribution in [0.25, 0.3) is 0 Å². The first-order chi connectivity index (χ1) is 10.7. The lowest BCUT2D eigenvalue weighted by molar-refractivity contribution is 0.120. The number of aromatic nitrogens is 2. The summed E-state index contributed by atoms with van der Waals surface area (Å²) < 4.78 is 5.61. The minimum absolute atomic E-state index is 0.273. The van der Waals surface area contributed by atoms with Crippen molar-refractivity contribution >= 4 is 29.1 Å². The van der Waals surface area contributed by atoms with Crippen LogP contribution >= 0.6 is 11.6 Å². The summed E-state index contributed by atoms with van der Waals surface area (Å²) in [5.41, 5.74) is 1.68. The highest BCUT2D eigenvalue weighted by molar-refractivity contribution is 6.33. The maximum Gasteiger partial charge on any atom is 0.229 e. The summed E-state index contributed by atoms with van der Waals surface area (Å²) in [5, 5.41) is 7.12. The number of nitrogens with one attached hydrogen (secondary N) is 2. The molecule has 1 fully saturated rings. The van der Waals surface area contributed by atoms with Crippen molar-refractivity contribution in [3.05, 3.63) is 41.0 Å². The number of nitrogens with zero attached hydrogens (tertiary/aromatic N) is 2. The first-order valence-electron chi connectivity index (χ1n) is 7.43. The van der Waals surface area contributed by atoms with E-state index in [2.05, 4.69) is 20.6 Å². The SMILES string of the molecule is Cc1cc(NCC2CCCO2)nc(Nc2ccccc2Cl)n1. The van der Waals surface area contributed by atoms with Gasteiger partial charge >= 0.3 is 0 Å². The fourth-order valence-corrected chi connectivity index (χ4v) is 2.60. The van der Waals surface area contributed by atoms with Crippen molar-refractivity contribution in [1.29, 1.82) is 0 Å². The maximum atomic E-state index is 6.15. The van der Waals surface area contributed by atoms with Gasteiger partial charge in [-0.05, 0) is 31.9 Å². The molecule has 0 saturated carbocycles. The Bertz CT molecular complexity index is 644. The van der Waals surface area contributed by atoms with Gasteiger partial charge in [0, 0.05) is 24.9 Å². The van der Waals surface area contributed by atoms with Crippen LogP contribution in [0.2, 0.25) is 5.02 Å². The summed E-state index contributed by atoms with van der Waals surface area (Å²) >= 11 is 6.15. The van der Waals surface area contributed by atoms with Gasteiger partial charge in [-0.2, -0.15) is 4.98 Å². The lowest BCUT2D eigenvalue weighted by atomic mass is 10.2. The Hall–Kier alpha value is -1.85. The van der Waals surface area contributed by atoms with Gasteiger partial charge < -0.3 is 15.4 Å². The van der Waals surface area contributed by atoms with E-state index in [1.165, 1.54) is 0 Å². The van der Waals surface area contributed by atoms with Crippen molar-refractivity contribution in [2.75, 3.05) is 23.8 Å². The molecule has 1 unspecified atom stereocenters. The molecule has 116 valence electrons. The molecule has 1 aromatic heterocycles. The zero-order chi connectivity index (χ0) is 15.4. The number of hydrogen-bond donors (Lipinski definition) is 2. The van der Waals surface area contributed by atoms with Gasteiger partial charge in [-0.1, -0.05) is 23.7 Å². The molecular formula is C16H19ClN4O. The molecule has 1 aliphatic rings. The van der Waals surface area contributed by atoms with E-state index in [9.17, 15) is 0 Å². The van der Waals surface area contributed by atoms with Crippen molar-refractivity contribution in [2.45, 2.75) is 25.9 Å². The van der Waals surface area contributed by atoms with Crippen LogP contribution in [0.5, 0.6) is 0 Å². The van der Waals surface area contributed by atoms with E-state index in [0.717, 1.165) is 43.2 Å². The molecule has 1 aliphatic heterocycles. The molecule has 2 heterocycles. The monoisotopic (exact) mass is 318 g/mol. The molecule has 1 atom stereocenters. The molecule has 3 rings (SSSR count). The third kappa shape index (κ3) is 3.87. The van der Waals surface area contributed by atoms with Crippen molar-refractivity contribution in [2.24, 2.45) is 0 Å². The van der Waals surface area contributed by atoms with Gasteiger partial charge in [0.05, 0.1) is 16.8 Å². The quantitative estimate of drug-likeness (QED) is 0.878. The van der Waals surface area contributed by atoms with Gasteiger partial charge in [0.25, 0.3) is 0 Å². The van der Waals surface area contributed by atoms with E-state index in [1.807, 2.05) is 37.3 Å². The van der Waals surface area contributed by atoms with E-state index in [0.29, 0.717) is 11.0 Å². The van der Waals surface area contributed by atoms with Crippen molar-refractivity contribution in [1.82, 2.24) is 9.97 Å². The van der Waals surface area contributed by atoms with E-state index >= 15 is 0 Å². The molecule has 0 spiro atoms. The van der Waals surface area contributed by atoms with Gasteiger partial charge in [0.2, 0.25) is 5.95 Å². The van der Waals surface area contributed by atoms with E-state index in [1.54, 1.807) is 0 Å². The first kappa shape index (κ1) is 15.1. The minimum atomic E-state index is 0.273. The van der Waals surface area contributed by atoms with Crippen molar-refractivity contribution < 1.29 is 4.74 Å². The summed E-state index contributed by atoms with van der Waals surface area (Å²) in [7, 11) is 0. The number of halogens is 1. The average Bonchev–Trinajstić information content (AvgIpc) is 3.00. The Balaban J connectivity index is 1.70. The van der Waals surface area contributed by atoms with Crippen LogP contribution in [0.15, 0.2) is 30.3 Å². The summed E-state index contributed by atoms with van der Waals surface area (Å²) in [6.07, 6.45) is 2.51. The van der Waals surface area contributed by atoms with Gasteiger partial charge in [0.1, 0.15) is 5.82 Å². The van der Waals surface area contributed by atoms with E-state index < -0.39 is 0 Å². The third-order valence-electron chi connectivity index (χ3n) is 3.51. The molecule has 6 heteroatoms. The number of rotatable bonds is 5. The largest absolute Gasteiger partial charge is 0.376 e. The molecule has 0 bridgehead atoms. The second kappa shape index (κ2) is 6.94. The average molecular weight is 319 g/mol. The molecular weight excluding hydrogens is 300 g/mol. The summed E-state index contributed by atoms with van der Waals surface area (Å²) in [4.78, 5) is 8.88. The lowest BCUT2D eigenvalue weighted by Gasteiger charge is -2.13. The highest BCUT2D eigenvalue weighted by atomic mass is 35.5. The number of benzene rings is 1. The second-order valence-corrected chi connectivity index (χ2v) is 5.75. The molecule has 0 aliphatic carbocycles. The van der Waals surface area contributed by atoms with Gasteiger partial charge in [0.15, 0.2) is 0 Å². The molecule has 2 N–H and O–H groups in total. The molecule has 5 nitrogen and oxygen atoms in total. The fraction of sp³-hybridized carbons (Fsp3) is 0.375. The number of anilines is 3. The molecule has 1 saturated heterocycles. The summed E-state index contributed by atoms with van der Waals surface area (Å²) in [6, 6.07) is 9.45. The van der Waals surface area contributed by atoms with E-state index in [-0.39, 0.29) is 6.10 Å². The van der Waals surface area contributed by atoms with Crippen LogP contribution < -0.4 is 10.6 Å². The molecule has 1 aromatic carbocycles. The molecule has 2 aromatic rings. The number of ether oxygens (including phenoxy) is 1. The third-order valence-corrected chi connectivity index (χ3v) is 3.84. The van der Waals surface area contributed by atoms with Crippen LogP contribution in [-0.4, -0.2) is 29.2 Å². The Morgan fingerprint density at radius 1 is 1.32 bits per heavy atom. The van der Waals surface area contributed by atoms with Crippen molar-refractivity contribution in [3.63, 3.8) is 0 Å². The Morgan fingerprint density at radius 3 is 2.95 bits per heavy atom. The highest BCUT2D eigenvalue weighted by Crippen LogP contribution is 2.24. The fourth-order valence-electron chi connectivity index (χ4n) is 2.42. The molecule has 22 heavy (non-hydrogen) atoms.